The number of rotatable bonds is 9. The first kappa shape index (κ1) is 29.0. The molecule has 0 saturated heterocycles. The summed E-state index contributed by atoms with van der Waals surface area (Å²) >= 11 is 0. The Morgan fingerprint density at radius 2 is 1.39 bits per heavy atom. The Hall–Kier alpha value is -4.99. The number of hydrogen-bond acceptors (Lipinski definition) is 10. The number of phenols is 2. The molecule has 3 aromatic carbocycles. The molecule has 0 saturated carbocycles. The van der Waals surface area contributed by atoms with Crippen molar-refractivity contribution >= 4 is 17.6 Å². The van der Waals surface area contributed by atoms with Gasteiger partial charge in [-0.3, -0.25) is 0 Å². The van der Waals surface area contributed by atoms with Crippen molar-refractivity contribution < 1.29 is 48.5 Å². The minimum absolute atomic E-state index is 0.0531. The van der Waals surface area contributed by atoms with Gasteiger partial charge in [-0.1, -0.05) is 12.1 Å². The van der Waals surface area contributed by atoms with Crippen LogP contribution in [-0.4, -0.2) is 63.4 Å². The summed E-state index contributed by atoms with van der Waals surface area (Å²) in [7, 11) is 7.24. The molecule has 0 amide bonds. The highest BCUT2D eigenvalue weighted by molar-refractivity contribution is 6.04. The molecule has 1 aliphatic rings. The van der Waals surface area contributed by atoms with Crippen LogP contribution in [0.2, 0.25) is 0 Å². The van der Waals surface area contributed by atoms with E-state index in [1.165, 1.54) is 47.7 Å². The number of phenolic OH excluding ortho intramolecular Hbond substituents is 2. The maximum atomic E-state index is 13.5. The third kappa shape index (κ3) is 5.16. The van der Waals surface area contributed by atoms with Crippen molar-refractivity contribution in [1.29, 1.82) is 0 Å². The summed E-state index contributed by atoms with van der Waals surface area (Å²) in [6.07, 6.45) is 1.61. The predicted molar refractivity (Wildman–Crippen MR) is 151 cm³/mol. The fourth-order valence-corrected chi connectivity index (χ4v) is 4.99. The number of aliphatic hydroxyl groups excluding tert-OH is 1. The molecule has 0 heterocycles. The normalized spacial score (nSPS) is 15.3. The van der Waals surface area contributed by atoms with Gasteiger partial charge >= 0.3 is 5.97 Å². The van der Waals surface area contributed by atoms with Crippen LogP contribution in [0.4, 0.5) is 0 Å². The van der Waals surface area contributed by atoms with Gasteiger partial charge in [0.1, 0.15) is 5.76 Å². The minimum atomic E-state index is -0.961. The van der Waals surface area contributed by atoms with Gasteiger partial charge in [-0.05, 0) is 60.0 Å². The van der Waals surface area contributed by atoms with Crippen LogP contribution in [0, 0.1) is 0 Å². The highest BCUT2D eigenvalue weighted by Gasteiger charge is 2.41. The van der Waals surface area contributed by atoms with E-state index in [4.69, 9.17) is 28.4 Å². The van der Waals surface area contributed by atoms with Crippen molar-refractivity contribution in [1.82, 2.24) is 0 Å². The highest BCUT2D eigenvalue weighted by atomic mass is 16.5. The smallest absolute Gasteiger partial charge is 0.338 e. The number of aliphatic hydroxyl groups is 1. The molecule has 4 rings (SSSR count). The van der Waals surface area contributed by atoms with E-state index in [0.717, 1.165) is 0 Å². The molecule has 10 nitrogen and oxygen atoms in total. The van der Waals surface area contributed by atoms with Crippen LogP contribution in [-0.2, 0) is 9.53 Å². The Bertz CT molecular complexity index is 1540. The van der Waals surface area contributed by atoms with Crippen LogP contribution in [0.1, 0.15) is 35.1 Å². The lowest BCUT2D eigenvalue weighted by atomic mass is 9.74. The van der Waals surface area contributed by atoms with Crippen LogP contribution >= 0.6 is 0 Å². The van der Waals surface area contributed by atoms with E-state index in [9.17, 15) is 20.1 Å². The minimum Gasteiger partial charge on any atom is -0.507 e. The molecule has 3 N–H and O–H groups in total. The van der Waals surface area contributed by atoms with Crippen LogP contribution < -0.4 is 23.7 Å². The van der Waals surface area contributed by atoms with Crippen molar-refractivity contribution in [3.05, 3.63) is 76.1 Å². The molecule has 0 aliphatic heterocycles. The third-order valence-electron chi connectivity index (χ3n) is 6.79. The lowest BCUT2D eigenvalue weighted by Gasteiger charge is -2.32. The summed E-state index contributed by atoms with van der Waals surface area (Å²) in [5.41, 5.74) is 2.03. The number of aromatic hydroxyl groups is 2. The first-order valence-electron chi connectivity index (χ1n) is 12.6. The van der Waals surface area contributed by atoms with E-state index in [1.54, 1.807) is 43.3 Å². The second-order valence-corrected chi connectivity index (χ2v) is 8.94. The summed E-state index contributed by atoms with van der Waals surface area (Å²) in [6, 6.07) is 11.1. The van der Waals surface area contributed by atoms with Crippen molar-refractivity contribution in [2.24, 2.45) is 0 Å². The highest BCUT2D eigenvalue weighted by Crippen LogP contribution is 2.55. The van der Waals surface area contributed by atoms with E-state index < -0.39 is 11.9 Å². The summed E-state index contributed by atoms with van der Waals surface area (Å²) < 4.78 is 32.8. The summed E-state index contributed by atoms with van der Waals surface area (Å²) in [4.78, 5) is 13.5. The standard InChI is InChI=1S/C31H32O10/c1-7-41-31(35)27-25(17-9-11-23(37-3)21(33)14-17)26-18(15-24(38-4)29(39-5)30(26)40-6)19(28(27)34)12-16-8-10-22(36-2)20(32)13-16/h8-15,25,32-34H,7H2,1-6H3/b19-12+. The first-order valence-corrected chi connectivity index (χ1v) is 12.6. The molecule has 10 heteroatoms. The molecule has 3 aromatic rings. The largest absolute Gasteiger partial charge is 0.507 e. The summed E-state index contributed by atoms with van der Waals surface area (Å²) in [5.74, 6) is -1.02. The van der Waals surface area contributed by atoms with Crippen LogP contribution in [0.25, 0.3) is 11.6 Å². The second kappa shape index (κ2) is 12.0. The van der Waals surface area contributed by atoms with Gasteiger partial charge in [0.25, 0.3) is 0 Å². The van der Waals surface area contributed by atoms with Gasteiger partial charge in [0.05, 0.1) is 47.7 Å². The number of carbonyl (C=O) groups is 1. The van der Waals surface area contributed by atoms with E-state index in [0.29, 0.717) is 28.0 Å². The number of methoxy groups -OCH3 is 5. The second-order valence-electron chi connectivity index (χ2n) is 8.94. The van der Waals surface area contributed by atoms with E-state index in [1.807, 2.05) is 0 Å². The lowest BCUT2D eigenvalue weighted by molar-refractivity contribution is -0.139. The molecule has 1 unspecified atom stereocenters. The molecular weight excluding hydrogens is 532 g/mol. The molecule has 216 valence electrons. The van der Waals surface area contributed by atoms with Gasteiger partial charge in [-0.2, -0.15) is 0 Å². The number of hydrogen-bond donors (Lipinski definition) is 3. The predicted octanol–water partition coefficient (Wildman–Crippen LogP) is 5.20. The van der Waals surface area contributed by atoms with Crippen molar-refractivity contribution in [3.8, 4) is 40.2 Å². The fraction of sp³-hybridized carbons (Fsp3) is 0.258. The topological polar surface area (TPSA) is 133 Å². The molecule has 0 radical (unpaired) electrons. The van der Waals surface area contributed by atoms with Gasteiger partial charge in [0, 0.05) is 17.1 Å². The molecular formula is C31H32O10. The van der Waals surface area contributed by atoms with Crippen molar-refractivity contribution in [3.63, 3.8) is 0 Å². The molecule has 0 bridgehead atoms. The third-order valence-corrected chi connectivity index (χ3v) is 6.79. The Labute approximate surface area is 237 Å². The van der Waals surface area contributed by atoms with Crippen LogP contribution in [0.15, 0.2) is 53.8 Å². The maximum absolute atomic E-state index is 13.5. The van der Waals surface area contributed by atoms with Gasteiger partial charge in [0.15, 0.2) is 34.5 Å². The Morgan fingerprint density at radius 1 is 0.780 bits per heavy atom. The Kier molecular flexibility index (Phi) is 8.51. The van der Waals surface area contributed by atoms with E-state index in [2.05, 4.69) is 0 Å². The monoisotopic (exact) mass is 564 g/mol. The van der Waals surface area contributed by atoms with Gasteiger partial charge in [-0.25, -0.2) is 4.79 Å². The van der Waals surface area contributed by atoms with Crippen LogP contribution in [0.3, 0.4) is 0 Å². The Morgan fingerprint density at radius 3 is 1.93 bits per heavy atom. The number of ether oxygens (including phenoxy) is 6. The van der Waals surface area contributed by atoms with Gasteiger partial charge in [0.2, 0.25) is 5.75 Å². The quantitative estimate of drug-likeness (QED) is 0.298. The molecule has 0 fully saturated rings. The molecule has 1 aliphatic carbocycles. The molecule has 41 heavy (non-hydrogen) atoms. The zero-order chi connectivity index (χ0) is 29.8. The zero-order valence-corrected chi connectivity index (χ0v) is 23.6. The van der Waals surface area contributed by atoms with E-state index >= 15 is 0 Å². The summed E-state index contributed by atoms with van der Waals surface area (Å²) in [5, 5.41) is 32.8. The number of benzene rings is 3. The average Bonchev–Trinajstić information content (AvgIpc) is 2.97. The fourth-order valence-electron chi connectivity index (χ4n) is 4.99. The number of carbonyl (C=O) groups excluding carboxylic acids is 1. The number of fused-ring (bicyclic) bond motifs is 1. The number of esters is 1. The SMILES string of the molecule is CCOC(=O)C1=C(O)/C(=C/c2ccc(OC)c(O)c2)c2cc(OC)c(OC)c(OC)c2C1c1ccc(OC)c(O)c1. The summed E-state index contributed by atoms with van der Waals surface area (Å²) in [6.45, 7) is 1.71. The maximum Gasteiger partial charge on any atom is 0.338 e. The van der Waals surface area contributed by atoms with Gasteiger partial charge < -0.3 is 43.7 Å². The molecule has 1 atom stereocenters. The molecule has 0 spiro atoms. The molecule has 0 aromatic heterocycles. The van der Waals surface area contributed by atoms with Crippen molar-refractivity contribution in [2.75, 3.05) is 42.2 Å². The zero-order valence-electron chi connectivity index (χ0n) is 23.6. The van der Waals surface area contributed by atoms with Crippen molar-refractivity contribution in [2.45, 2.75) is 12.8 Å². The number of allylic oxidation sites excluding steroid dienone is 1. The Balaban J connectivity index is 2.15. The average molecular weight is 565 g/mol. The lowest BCUT2D eigenvalue weighted by Crippen LogP contribution is -2.24. The van der Waals surface area contributed by atoms with E-state index in [-0.39, 0.29) is 58.0 Å². The van der Waals surface area contributed by atoms with Gasteiger partial charge in [-0.15, -0.1) is 0 Å². The van der Waals surface area contributed by atoms with Crippen LogP contribution in [0.5, 0.6) is 40.2 Å². The first-order chi connectivity index (χ1) is 19.7.